The van der Waals surface area contributed by atoms with Crippen LogP contribution in [0.15, 0.2) is 4.99 Å². The van der Waals surface area contributed by atoms with E-state index in [9.17, 15) is 0 Å². The number of halogens is 1. The Morgan fingerprint density at radius 2 is 2.05 bits per heavy atom. The number of aliphatic imine (C=N–C) groups is 1. The number of guanidine groups is 1. The molecule has 19 heavy (non-hydrogen) atoms. The average molecular weight is 383 g/mol. The number of nitrogens with two attached hydrogens (primary N) is 1. The van der Waals surface area contributed by atoms with E-state index in [-0.39, 0.29) is 30.1 Å². The molecule has 0 amide bonds. The third kappa shape index (κ3) is 4.17. The fourth-order valence-electron chi connectivity index (χ4n) is 2.33. The van der Waals surface area contributed by atoms with Crippen LogP contribution in [0.1, 0.15) is 25.7 Å². The van der Waals surface area contributed by atoms with Gasteiger partial charge in [0.25, 0.3) is 0 Å². The van der Waals surface area contributed by atoms with Crippen molar-refractivity contribution in [2.24, 2.45) is 10.7 Å². The largest absolute Gasteiger partial charge is 0.381 e. The molecule has 6 nitrogen and oxygen atoms in total. The smallest absolute Gasteiger partial charge is 0.188 e. The number of nitrogens with zero attached hydrogens (tertiary/aromatic N) is 1. The maximum Gasteiger partial charge on any atom is 0.188 e. The van der Waals surface area contributed by atoms with Gasteiger partial charge in [0, 0.05) is 18.9 Å². The fraction of sp³-hybridized carbons (Fsp3) is 0.917. The summed E-state index contributed by atoms with van der Waals surface area (Å²) in [7, 11) is 0. The molecular weight excluding hydrogens is 361 g/mol. The van der Waals surface area contributed by atoms with Crippen molar-refractivity contribution in [1.29, 1.82) is 0 Å². The maximum absolute atomic E-state index is 5.97. The predicted octanol–water partition coefficient (Wildman–Crippen LogP) is 0.593. The number of rotatable bonds is 3. The first-order chi connectivity index (χ1) is 8.76. The van der Waals surface area contributed by atoms with Crippen molar-refractivity contribution in [2.75, 3.05) is 26.4 Å². The highest BCUT2D eigenvalue weighted by molar-refractivity contribution is 14.0. The normalized spacial score (nSPS) is 30.1. The average Bonchev–Trinajstić information content (AvgIpc) is 3.10. The second kappa shape index (κ2) is 6.55. The molecule has 1 atom stereocenters. The zero-order valence-electron chi connectivity index (χ0n) is 11.0. The first kappa shape index (κ1) is 15.3. The predicted molar refractivity (Wildman–Crippen MR) is 81.7 cm³/mol. The summed E-state index contributed by atoms with van der Waals surface area (Å²) in [5.74, 6) is 0.103. The minimum atomic E-state index is -0.420. The molecule has 3 rings (SSSR count). The van der Waals surface area contributed by atoms with Gasteiger partial charge in [-0.1, -0.05) is 0 Å². The molecule has 0 aromatic carbocycles. The van der Waals surface area contributed by atoms with Crippen LogP contribution in [0.3, 0.4) is 0 Å². The maximum atomic E-state index is 5.97. The van der Waals surface area contributed by atoms with Crippen molar-refractivity contribution in [1.82, 2.24) is 5.32 Å². The molecular formula is C12H22IN3O3. The molecule has 1 unspecified atom stereocenters. The molecule has 7 heteroatoms. The molecule has 2 saturated heterocycles. The van der Waals surface area contributed by atoms with Crippen LogP contribution < -0.4 is 11.1 Å². The summed E-state index contributed by atoms with van der Waals surface area (Å²) in [4.78, 5) is 4.31. The minimum absolute atomic E-state index is 0. The van der Waals surface area contributed by atoms with E-state index in [1.54, 1.807) is 0 Å². The summed E-state index contributed by atoms with van der Waals surface area (Å²) < 4.78 is 17.1. The quantitative estimate of drug-likeness (QED) is 0.424. The summed E-state index contributed by atoms with van der Waals surface area (Å²) in [5, 5.41) is 3.16. The Kier molecular flexibility index (Phi) is 5.27. The van der Waals surface area contributed by atoms with Crippen LogP contribution in [0.25, 0.3) is 0 Å². The molecule has 0 aromatic heterocycles. The van der Waals surface area contributed by atoms with Gasteiger partial charge in [0.1, 0.15) is 6.10 Å². The number of hydrogen-bond donors (Lipinski definition) is 2. The summed E-state index contributed by atoms with van der Waals surface area (Å²) in [5.41, 5.74) is 5.79. The van der Waals surface area contributed by atoms with Crippen molar-refractivity contribution in [3.05, 3.63) is 0 Å². The Labute approximate surface area is 130 Å². The Balaban J connectivity index is 0.00000133. The lowest BCUT2D eigenvalue weighted by atomic mass is 10.1. The van der Waals surface area contributed by atoms with Crippen LogP contribution in [0.2, 0.25) is 0 Å². The summed E-state index contributed by atoms with van der Waals surface area (Å²) in [6.07, 6.45) is 4.03. The van der Waals surface area contributed by atoms with E-state index in [0.29, 0.717) is 38.4 Å². The van der Waals surface area contributed by atoms with Gasteiger partial charge in [0.2, 0.25) is 0 Å². The highest BCUT2D eigenvalue weighted by atomic mass is 127. The third-order valence-corrected chi connectivity index (χ3v) is 3.56. The number of ether oxygens (including phenoxy) is 3. The topological polar surface area (TPSA) is 78.1 Å². The van der Waals surface area contributed by atoms with Gasteiger partial charge in [-0.25, -0.2) is 0 Å². The van der Waals surface area contributed by atoms with Gasteiger partial charge >= 0.3 is 0 Å². The monoisotopic (exact) mass is 383 g/mol. The van der Waals surface area contributed by atoms with E-state index in [1.807, 2.05) is 0 Å². The van der Waals surface area contributed by atoms with Gasteiger partial charge in [0.05, 0.1) is 26.4 Å². The lowest BCUT2D eigenvalue weighted by Crippen LogP contribution is -2.38. The molecule has 3 N–H and O–H groups in total. The lowest BCUT2D eigenvalue weighted by Gasteiger charge is -2.31. The van der Waals surface area contributed by atoms with Crippen LogP contribution >= 0.6 is 24.0 Å². The van der Waals surface area contributed by atoms with Crippen molar-refractivity contribution >= 4 is 29.9 Å². The minimum Gasteiger partial charge on any atom is -0.381 e. The second-order valence-electron chi connectivity index (χ2n) is 5.22. The Hall–Kier alpha value is -0.120. The molecule has 3 aliphatic rings. The van der Waals surface area contributed by atoms with E-state index < -0.39 is 5.79 Å². The van der Waals surface area contributed by atoms with E-state index in [1.165, 1.54) is 12.8 Å². The van der Waals surface area contributed by atoms with E-state index >= 15 is 0 Å². The SMILES string of the molecule is I.NC(=NCC1COC2(CCOCC2)O1)NC1CC1. The van der Waals surface area contributed by atoms with Crippen molar-refractivity contribution in [3.8, 4) is 0 Å². The van der Waals surface area contributed by atoms with Crippen molar-refractivity contribution in [2.45, 2.75) is 43.6 Å². The summed E-state index contributed by atoms with van der Waals surface area (Å²) in [6, 6.07) is 0.538. The fourth-order valence-corrected chi connectivity index (χ4v) is 2.33. The Morgan fingerprint density at radius 1 is 1.32 bits per heavy atom. The molecule has 110 valence electrons. The Bertz CT molecular complexity index is 330. The molecule has 2 heterocycles. The third-order valence-electron chi connectivity index (χ3n) is 3.56. The number of hydrogen-bond acceptors (Lipinski definition) is 4. The van der Waals surface area contributed by atoms with E-state index in [0.717, 1.165) is 12.8 Å². The van der Waals surface area contributed by atoms with Gasteiger partial charge in [-0.05, 0) is 12.8 Å². The van der Waals surface area contributed by atoms with Gasteiger partial charge in [-0.3, -0.25) is 4.99 Å². The standard InChI is InChI=1S/C12H21N3O3.HI/c13-11(15-9-1-2-9)14-7-10-8-17-12(18-10)3-5-16-6-4-12;/h9-10H,1-8H2,(H3,13,14,15);1H. The number of nitrogens with one attached hydrogen (secondary N) is 1. The van der Waals surface area contributed by atoms with Crippen LogP contribution in [0.5, 0.6) is 0 Å². The van der Waals surface area contributed by atoms with Gasteiger partial charge in [-0.2, -0.15) is 0 Å². The lowest BCUT2D eigenvalue weighted by molar-refractivity contribution is -0.210. The van der Waals surface area contributed by atoms with Gasteiger partial charge in [-0.15, -0.1) is 24.0 Å². The van der Waals surface area contributed by atoms with E-state index in [2.05, 4.69) is 10.3 Å². The first-order valence-electron chi connectivity index (χ1n) is 6.72. The van der Waals surface area contributed by atoms with Crippen molar-refractivity contribution < 1.29 is 14.2 Å². The van der Waals surface area contributed by atoms with Crippen LogP contribution in [0.4, 0.5) is 0 Å². The zero-order valence-corrected chi connectivity index (χ0v) is 13.3. The molecule has 1 spiro atoms. The molecule has 1 aliphatic carbocycles. The van der Waals surface area contributed by atoms with Crippen molar-refractivity contribution in [3.63, 3.8) is 0 Å². The molecule has 2 aliphatic heterocycles. The molecule has 1 saturated carbocycles. The molecule has 0 bridgehead atoms. The molecule has 0 radical (unpaired) electrons. The Morgan fingerprint density at radius 3 is 2.74 bits per heavy atom. The summed E-state index contributed by atoms with van der Waals surface area (Å²) in [6.45, 7) is 2.58. The molecule has 0 aromatic rings. The summed E-state index contributed by atoms with van der Waals surface area (Å²) >= 11 is 0. The van der Waals surface area contributed by atoms with Gasteiger partial charge < -0.3 is 25.3 Å². The first-order valence-corrected chi connectivity index (χ1v) is 6.72. The van der Waals surface area contributed by atoms with Crippen LogP contribution in [-0.2, 0) is 14.2 Å². The zero-order chi connectivity index (χ0) is 12.4. The van der Waals surface area contributed by atoms with Crippen LogP contribution in [0, 0.1) is 0 Å². The van der Waals surface area contributed by atoms with E-state index in [4.69, 9.17) is 19.9 Å². The van der Waals surface area contributed by atoms with Crippen LogP contribution in [-0.4, -0.2) is 50.3 Å². The highest BCUT2D eigenvalue weighted by Gasteiger charge is 2.42. The highest BCUT2D eigenvalue weighted by Crippen LogP contribution is 2.33. The van der Waals surface area contributed by atoms with Gasteiger partial charge in [0.15, 0.2) is 11.7 Å². The molecule has 3 fully saturated rings. The second-order valence-corrected chi connectivity index (χ2v) is 5.22.